The van der Waals surface area contributed by atoms with Crippen molar-refractivity contribution in [2.75, 3.05) is 39.8 Å². The van der Waals surface area contributed by atoms with Crippen LogP contribution in [0.15, 0.2) is 0 Å². The third-order valence-electron chi connectivity index (χ3n) is 3.19. The normalized spacial score (nSPS) is 23.2. The summed E-state index contributed by atoms with van der Waals surface area (Å²) in [5.41, 5.74) is 0. The molecule has 0 aliphatic carbocycles. The van der Waals surface area contributed by atoms with Crippen LogP contribution in [0.1, 0.15) is 39.0 Å². The highest BCUT2D eigenvalue weighted by molar-refractivity contribution is 4.66. The van der Waals surface area contributed by atoms with E-state index in [0.29, 0.717) is 6.10 Å². The molecule has 96 valence electrons. The van der Waals surface area contributed by atoms with Crippen molar-refractivity contribution in [3.8, 4) is 0 Å². The van der Waals surface area contributed by atoms with Crippen molar-refractivity contribution >= 4 is 0 Å². The van der Waals surface area contributed by atoms with E-state index in [9.17, 15) is 0 Å². The first kappa shape index (κ1) is 13.9. The number of ether oxygens (including phenoxy) is 1. The predicted molar refractivity (Wildman–Crippen MR) is 68.9 cm³/mol. The van der Waals surface area contributed by atoms with E-state index in [-0.39, 0.29) is 0 Å². The Bertz CT molecular complexity index is 164. The first-order chi connectivity index (χ1) is 7.83. The van der Waals surface area contributed by atoms with Crippen LogP contribution in [0.25, 0.3) is 0 Å². The number of nitrogens with one attached hydrogen (secondary N) is 1. The van der Waals surface area contributed by atoms with Gasteiger partial charge in [-0.2, -0.15) is 0 Å². The molecular formula is C13H28N2O. The number of hydrogen-bond acceptors (Lipinski definition) is 3. The number of rotatable bonds is 7. The molecule has 0 aromatic rings. The van der Waals surface area contributed by atoms with Gasteiger partial charge < -0.3 is 15.0 Å². The van der Waals surface area contributed by atoms with Gasteiger partial charge in [0.25, 0.3) is 0 Å². The smallest absolute Gasteiger partial charge is 0.0673 e. The highest BCUT2D eigenvalue weighted by Gasteiger charge is 2.13. The van der Waals surface area contributed by atoms with E-state index in [1.807, 2.05) is 7.05 Å². The predicted octanol–water partition coefficient (Wildman–Crippen LogP) is 1.88. The first-order valence-corrected chi connectivity index (χ1v) is 6.81. The molecule has 0 radical (unpaired) electrons. The fourth-order valence-electron chi connectivity index (χ4n) is 2.27. The van der Waals surface area contributed by atoms with E-state index in [0.717, 1.165) is 19.7 Å². The molecule has 0 amide bonds. The lowest BCUT2D eigenvalue weighted by Crippen LogP contribution is -2.31. The number of hydrogen-bond donors (Lipinski definition) is 1. The fraction of sp³-hybridized carbons (Fsp3) is 1.00. The molecule has 1 aliphatic heterocycles. The van der Waals surface area contributed by atoms with Gasteiger partial charge in [0.05, 0.1) is 6.10 Å². The molecule has 1 saturated heterocycles. The topological polar surface area (TPSA) is 24.5 Å². The van der Waals surface area contributed by atoms with Gasteiger partial charge in [0.1, 0.15) is 0 Å². The lowest BCUT2D eigenvalue weighted by atomic mass is 10.2. The molecule has 1 fully saturated rings. The summed E-state index contributed by atoms with van der Waals surface area (Å²) in [4.78, 5) is 2.57. The Labute approximate surface area is 101 Å². The summed E-state index contributed by atoms with van der Waals surface area (Å²) >= 11 is 0. The molecule has 1 atom stereocenters. The summed E-state index contributed by atoms with van der Waals surface area (Å²) in [5.74, 6) is 0. The van der Waals surface area contributed by atoms with E-state index in [4.69, 9.17) is 4.74 Å². The zero-order chi connectivity index (χ0) is 11.6. The molecule has 3 nitrogen and oxygen atoms in total. The highest BCUT2D eigenvalue weighted by Crippen LogP contribution is 2.07. The van der Waals surface area contributed by atoms with Gasteiger partial charge in [-0.3, -0.25) is 0 Å². The molecule has 1 rings (SSSR count). The zero-order valence-corrected chi connectivity index (χ0v) is 11.0. The van der Waals surface area contributed by atoms with Crippen LogP contribution in [0.2, 0.25) is 0 Å². The third-order valence-corrected chi connectivity index (χ3v) is 3.19. The van der Waals surface area contributed by atoms with Gasteiger partial charge in [0, 0.05) is 19.7 Å². The van der Waals surface area contributed by atoms with Crippen molar-refractivity contribution in [2.45, 2.75) is 45.1 Å². The largest absolute Gasteiger partial charge is 0.377 e. The summed E-state index contributed by atoms with van der Waals surface area (Å²) in [5, 5.41) is 3.20. The summed E-state index contributed by atoms with van der Waals surface area (Å²) < 4.78 is 5.64. The maximum atomic E-state index is 5.64. The standard InChI is InChI=1S/C13H28N2O/c1-13-12-15(10-7-11-16-13)9-6-4-3-5-8-14-2/h13-14H,3-12H2,1-2H3. The van der Waals surface area contributed by atoms with Crippen LogP contribution < -0.4 is 5.32 Å². The van der Waals surface area contributed by atoms with E-state index >= 15 is 0 Å². The van der Waals surface area contributed by atoms with Crippen LogP contribution in [0, 0.1) is 0 Å². The van der Waals surface area contributed by atoms with E-state index in [2.05, 4.69) is 17.1 Å². The zero-order valence-electron chi connectivity index (χ0n) is 11.0. The van der Waals surface area contributed by atoms with Crippen LogP contribution in [0.3, 0.4) is 0 Å². The summed E-state index contributed by atoms with van der Waals surface area (Å²) in [6.45, 7) is 7.89. The Morgan fingerprint density at radius 3 is 2.88 bits per heavy atom. The highest BCUT2D eigenvalue weighted by atomic mass is 16.5. The Balaban J connectivity index is 1.98. The summed E-state index contributed by atoms with van der Waals surface area (Å²) in [7, 11) is 2.03. The molecule has 0 saturated carbocycles. The van der Waals surface area contributed by atoms with E-state index in [1.165, 1.54) is 45.2 Å². The number of nitrogens with zero attached hydrogens (tertiary/aromatic N) is 1. The lowest BCUT2D eigenvalue weighted by molar-refractivity contribution is 0.0675. The van der Waals surface area contributed by atoms with Crippen LogP contribution in [-0.4, -0.2) is 50.8 Å². The third kappa shape index (κ3) is 6.46. The minimum atomic E-state index is 0.423. The van der Waals surface area contributed by atoms with Crippen molar-refractivity contribution in [2.24, 2.45) is 0 Å². The van der Waals surface area contributed by atoms with Gasteiger partial charge in [0.15, 0.2) is 0 Å². The summed E-state index contributed by atoms with van der Waals surface area (Å²) in [6, 6.07) is 0. The molecule has 1 N–H and O–H groups in total. The van der Waals surface area contributed by atoms with Crippen molar-refractivity contribution < 1.29 is 4.74 Å². The Morgan fingerprint density at radius 2 is 2.06 bits per heavy atom. The monoisotopic (exact) mass is 228 g/mol. The quantitative estimate of drug-likeness (QED) is 0.673. The Morgan fingerprint density at radius 1 is 1.25 bits per heavy atom. The van der Waals surface area contributed by atoms with Crippen molar-refractivity contribution in [3.63, 3.8) is 0 Å². The second kappa shape index (κ2) is 8.97. The van der Waals surface area contributed by atoms with Gasteiger partial charge in [-0.15, -0.1) is 0 Å². The summed E-state index contributed by atoms with van der Waals surface area (Å²) in [6.07, 6.45) is 7.01. The molecule has 3 heteroatoms. The Kier molecular flexibility index (Phi) is 7.81. The molecule has 0 bridgehead atoms. The molecule has 0 aromatic carbocycles. The first-order valence-electron chi connectivity index (χ1n) is 6.81. The molecule has 16 heavy (non-hydrogen) atoms. The van der Waals surface area contributed by atoms with Gasteiger partial charge >= 0.3 is 0 Å². The second-order valence-corrected chi connectivity index (χ2v) is 4.85. The SMILES string of the molecule is CNCCCCCCN1CCCOC(C)C1. The van der Waals surface area contributed by atoms with Gasteiger partial charge in [-0.05, 0) is 46.3 Å². The van der Waals surface area contributed by atoms with Crippen LogP contribution in [-0.2, 0) is 4.74 Å². The van der Waals surface area contributed by atoms with Gasteiger partial charge in [-0.1, -0.05) is 12.8 Å². The maximum Gasteiger partial charge on any atom is 0.0673 e. The van der Waals surface area contributed by atoms with Crippen LogP contribution in [0.5, 0.6) is 0 Å². The molecule has 1 aliphatic rings. The minimum absolute atomic E-state index is 0.423. The van der Waals surface area contributed by atoms with E-state index in [1.54, 1.807) is 0 Å². The molecular weight excluding hydrogens is 200 g/mol. The van der Waals surface area contributed by atoms with Crippen LogP contribution >= 0.6 is 0 Å². The Hall–Kier alpha value is -0.120. The van der Waals surface area contributed by atoms with Gasteiger partial charge in [0.2, 0.25) is 0 Å². The van der Waals surface area contributed by atoms with E-state index < -0.39 is 0 Å². The molecule has 0 aromatic heterocycles. The van der Waals surface area contributed by atoms with Crippen molar-refractivity contribution in [3.05, 3.63) is 0 Å². The van der Waals surface area contributed by atoms with Gasteiger partial charge in [-0.25, -0.2) is 0 Å². The minimum Gasteiger partial charge on any atom is -0.377 e. The molecule has 1 heterocycles. The van der Waals surface area contributed by atoms with Crippen LogP contribution in [0.4, 0.5) is 0 Å². The lowest BCUT2D eigenvalue weighted by Gasteiger charge is -2.21. The van der Waals surface area contributed by atoms with Crippen molar-refractivity contribution in [1.29, 1.82) is 0 Å². The van der Waals surface area contributed by atoms with Crippen molar-refractivity contribution in [1.82, 2.24) is 10.2 Å². The fourth-order valence-corrected chi connectivity index (χ4v) is 2.27. The average Bonchev–Trinajstić information content (AvgIpc) is 2.48. The molecule has 0 spiro atoms. The molecule has 1 unspecified atom stereocenters. The number of unbranched alkanes of at least 4 members (excludes halogenated alkanes) is 3. The average molecular weight is 228 g/mol. The second-order valence-electron chi connectivity index (χ2n) is 4.85. The maximum absolute atomic E-state index is 5.64.